The number of hydrogen-bond acceptors (Lipinski definition) is 8. The Morgan fingerprint density at radius 1 is 0.972 bits per heavy atom. The number of esters is 2. The van der Waals surface area contributed by atoms with E-state index < -0.39 is 51.5 Å². The molecule has 10 heteroatoms. The molecular formula is C26H38FNO8. The predicted octanol–water partition coefficient (Wildman–Crippen LogP) is 4.38. The van der Waals surface area contributed by atoms with Crippen LogP contribution < -0.4 is 0 Å². The van der Waals surface area contributed by atoms with E-state index in [4.69, 9.17) is 14.3 Å². The van der Waals surface area contributed by atoms with Gasteiger partial charge in [-0.25, -0.2) is 4.39 Å². The molecule has 0 radical (unpaired) electrons. The first-order valence-corrected chi connectivity index (χ1v) is 13.1. The zero-order chi connectivity index (χ0) is 26.7. The van der Waals surface area contributed by atoms with Crippen molar-refractivity contribution in [3.63, 3.8) is 0 Å². The summed E-state index contributed by atoms with van der Waals surface area (Å²) in [6.45, 7) is 7.54. The summed E-state index contributed by atoms with van der Waals surface area (Å²) >= 11 is 0. The Bertz CT molecular complexity index is 958. The van der Waals surface area contributed by atoms with E-state index in [1.54, 1.807) is 6.92 Å². The molecule has 0 spiro atoms. The molecular weight excluding hydrogens is 473 g/mol. The number of carbonyl (C=O) groups excluding carboxylic acids is 3. The van der Waals surface area contributed by atoms with Crippen LogP contribution in [0.25, 0.3) is 0 Å². The van der Waals surface area contributed by atoms with Gasteiger partial charge >= 0.3 is 11.9 Å². The lowest BCUT2D eigenvalue weighted by Crippen LogP contribution is -2.67. The molecule has 0 aliphatic heterocycles. The van der Waals surface area contributed by atoms with E-state index in [0.29, 0.717) is 32.1 Å². The highest BCUT2D eigenvalue weighted by molar-refractivity contribution is 5.91. The van der Waals surface area contributed by atoms with Crippen LogP contribution in [-0.2, 0) is 28.7 Å². The molecule has 0 unspecified atom stereocenters. The molecule has 36 heavy (non-hydrogen) atoms. The number of alkyl halides is 1. The molecule has 0 bridgehead atoms. The fraction of sp³-hybridized carbons (Fsp3) is 0.885. The minimum Gasteiger partial charge on any atom is -0.463 e. The molecule has 0 amide bonds. The van der Waals surface area contributed by atoms with Crippen molar-refractivity contribution < 1.29 is 38.2 Å². The summed E-state index contributed by atoms with van der Waals surface area (Å²) in [7, 11) is 0. The Kier molecular flexibility index (Phi) is 6.65. The molecule has 4 fully saturated rings. The lowest BCUT2D eigenvalue weighted by atomic mass is 9.42. The summed E-state index contributed by atoms with van der Waals surface area (Å²) in [4.78, 5) is 53.3. The van der Waals surface area contributed by atoms with Crippen LogP contribution >= 0.6 is 0 Å². The van der Waals surface area contributed by atoms with Crippen molar-refractivity contribution in [2.45, 2.75) is 103 Å². The van der Waals surface area contributed by atoms with E-state index in [9.17, 15) is 24.5 Å². The van der Waals surface area contributed by atoms with Crippen molar-refractivity contribution in [3.05, 3.63) is 10.1 Å². The largest absolute Gasteiger partial charge is 0.463 e. The van der Waals surface area contributed by atoms with Crippen LogP contribution in [0.1, 0.15) is 86.0 Å². The van der Waals surface area contributed by atoms with Gasteiger partial charge in [0.2, 0.25) is 5.78 Å². The number of ether oxygens (including phenoxy) is 2. The molecule has 202 valence electrons. The van der Waals surface area contributed by atoms with Gasteiger partial charge in [0.15, 0.2) is 12.2 Å². The molecule has 4 aliphatic rings. The van der Waals surface area contributed by atoms with Crippen molar-refractivity contribution in [2.24, 2.45) is 34.5 Å². The maximum absolute atomic E-state index is 17.4. The highest BCUT2D eigenvalue weighted by Crippen LogP contribution is 2.72. The van der Waals surface area contributed by atoms with Crippen molar-refractivity contribution in [1.29, 1.82) is 0 Å². The lowest BCUT2D eigenvalue weighted by molar-refractivity contribution is -0.782. The fourth-order valence-electron chi connectivity index (χ4n) is 9.01. The van der Waals surface area contributed by atoms with E-state index in [2.05, 4.69) is 0 Å². The van der Waals surface area contributed by atoms with Gasteiger partial charge in [0.1, 0.15) is 11.8 Å². The molecule has 4 saturated carbocycles. The number of hydrogen-bond donors (Lipinski definition) is 0. The molecule has 9 atom stereocenters. The molecule has 0 N–H and O–H groups in total. The standard InChI is InChI=1S/C26H38FNO8/c1-15-12-21-20-7-6-18-13-19(35-17(3)30)8-9-23(18,4)25(20,27)11-10-24(21,5)26(15,36-28(32)33)22(31)14-34-16(2)29/h15,18-21H,6-14H2,1-5H3/t15-,18-,19-,20-,21-,23-,24-,25+,26-/m0/s1. The summed E-state index contributed by atoms with van der Waals surface area (Å²) in [5.41, 5.74) is -4.88. The molecule has 0 aromatic heterocycles. The zero-order valence-electron chi connectivity index (χ0n) is 21.8. The highest BCUT2D eigenvalue weighted by atomic mass is 19.1. The SMILES string of the molecule is CC(=O)OCC(=O)[C@@]1(O[N+](=O)[O-])[C@@H](C)C[C@H]2[C@@H]3CC[C@H]4C[C@@H](OC(C)=O)CC[C@]4(C)[C@@]3(F)CC[C@@]21C. The van der Waals surface area contributed by atoms with Crippen molar-refractivity contribution in [2.75, 3.05) is 6.61 Å². The Labute approximate surface area is 210 Å². The summed E-state index contributed by atoms with van der Waals surface area (Å²) in [5.74, 6) is -2.76. The van der Waals surface area contributed by atoms with Crippen molar-refractivity contribution in [1.82, 2.24) is 0 Å². The Morgan fingerprint density at radius 2 is 1.67 bits per heavy atom. The van der Waals surface area contributed by atoms with Gasteiger partial charge in [-0.15, -0.1) is 10.1 Å². The minimum atomic E-state index is -1.80. The van der Waals surface area contributed by atoms with Gasteiger partial charge in [0.05, 0.1) is 0 Å². The third-order valence-corrected chi connectivity index (χ3v) is 10.6. The highest BCUT2D eigenvalue weighted by Gasteiger charge is 2.75. The quantitative estimate of drug-likeness (QED) is 0.293. The maximum Gasteiger partial charge on any atom is 0.303 e. The van der Waals surface area contributed by atoms with E-state index in [0.717, 1.165) is 6.42 Å². The normalized spacial score (nSPS) is 45.4. The second kappa shape index (κ2) is 8.94. The van der Waals surface area contributed by atoms with Crippen molar-refractivity contribution in [3.8, 4) is 0 Å². The number of nitrogens with zero attached hydrogens (tertiary/aromatic N) is 1. The van der Waals surface area contributed by atoms with Crippen molar-refractivity contribution >= 4 is 17.7 Å². The Morgan fingerprint density at radius 3 is 2.28 bits per heavy atom. The third-order valence-electron chi connectivity index (χ3n) is 10.6. The smallest absolute Gasteiger partial charge is 0.303 e. The van der Waals surface area contributed by atoms with Gasteiger partial charge in [-0.05, 0) is 75.0 Å². The summed E-state index contributed by atoms with van der Waals surface area (Å²) in [6, 6.07) is 0. The maximum atomic E-state index is 17.4. The van der Waals surface area contributed by atoms with Gasteiger partial charge in [-0.3, -0.25) is 19.2 Å². The summed E-state index contributed by atoms with van der Waals surface area (Å²) < 4.78 is 27.8. The number of ketones is 1. The van der Waals surface area contributed by atoms with Crippen LogP contribution in [0.5, 0.6) is 0 Å². The fourth-order valence-corrected chi connectivity index (χ4v) is 9.01. The van der Waals surface area contributed by atoms with Gasteiger partial charge in [-0.1, -0.05) is 20.8 Å². The Hall–Kier alpha value is -2.26. The number of fused-ring (bicyclic) bond motifs is 5. The van der Waals surface area contributed by atoms with E-state index in [-0.39, 0.29) is 42.7 Å². The van der Waals surface area contributed by atoms with Crippen LogP contribution in [-0.4, -0.2) is 46.8 Å². The number of Topliss-reactive ketones (excluding diaryl/α,β-unsaturated/α-hetero) is 1. The van der Waals surface area contributed by atoms with Gasteiger partial charge < -0.3 is 9.47 Å². The van der Waals surface area contributed by atoms with Gasteiger partial charge in [-0.2, -0.15) is 0 Å². The first-order valence-electron chi connectivity index (χ1n) is 13.1. The van der Waals surface area contributed by atoms with Crippen LogP contribution in [0.3, 0.4) is 0 Å². The molecule has 4 rings (SSSR count). The van der Waals surface area contributed by atoms with E-state index in [1.165, 1.54) is 13.8 Å². The van der Waals surface area contributed by atoms with E-state index in [1.807, 2.05) is 13.8 Å². The summed E-state index contributed by atoms with van der Waals surface area (Å²) in [5, 5.41) is 10.7. The van der Waals surface area contributed by atoms with Gasteiger partial charge in [0.25, 0.3) is 5.09 Å². The molecule has 9 nitrogen and oxygen atoms in total. The second-order valence-electron chi connectivity index (χ2n) is 12.1. The first kappa shape index (κ1) is 26.8. The molecule has 0 aromatic carbocycles. The minimum absolute atomic E-state index is 0.0745. The molecule has 0 saturated heterocycles. The van der Waals surface area contributed by atoms with Crippen LogP contribution in [0.15, 0.2) is 0 Å². The van der Waals surface area contributed by atoms with Crippen LogP contribution in [0, 0.1) is 44.6 Å². The summed E-state index contributed by atoms with van der Waals surface area (Å²) in [6.07, 6.45) is 3.88. The van der Waals surface area contributed by atoms with Crippen LogP contribution in [0.2, 0.25) is 0 Å². The lowest BCUT2D eigenvalue weighted by Gasteiger charge is -2.64. The predicted molar refractivity (Wildman–Crippen MR) is 125 cm³/mol. The average Bonchev–Trinajstić information content (AvgIpc) is 3.00. The van der Waals surface area contributed by atoms with E-state index >= 15 is 4.39 Å². The molecule has 0 heterocycles. The number of halogens is 1. The average molecular weight is 512 g/mol. The Balaban J connectivity index is 1.67. The molecule has 0 aromatic rings. The topological polar surface area (TPSA) is 122 Å². The first-order chi connectivity index (χ1) is 16.7. The zero-order valence-corrected chi connectivity index (χ0v) is 21.8. The molecule has 4 aliphatic carbocycles. The number of rotatable bonds is 6. The third kappa shape index (κ3) is 3.72. The van der Waals surface area contributed by atoms with Crippen LogP contribution in [0.4, 0.5) is 4.39 Å². The number of carbonyl (C=O) groups is 3. The second-order valence-corrected chi connectivity index (χ2v) is 12.1. The van der Waals surface area contributed by atoms with Gasteiger partial charge in [0, 0.05) is 24.7 Å². The monoisotopic (exact) mass is 511 g/mol.